The van der Waals surface area contributed by atoms with Crippen molar-refractivity contribution in [3.63, 3.8) is 0 Å². The molecule has 4 aromatic rings. The Kier molecular flexibility index (Phi) is 11.0. The summed E-state index contributed by atoms with van der Waals surface area (Å²) in [5.41, 5.74) is 21.3. The second-order valence-corrected chi connectivity index (χ2v) is 13.3. The minimum Gasteiger partial charge on any atom is -0.515 e. The van der Waals surface area contributed by atoms with Crippen molar-refractivity contribution >= 4 is 17.3 Å². The van der Waals surface area contributed by atoms with Gasteiger partial charge in [-0.2, -0.15) is 0 Å². The van der Waals surface area contributed by atoms with Crippen molar-refractivity contribution in [2.75, 3.05) is 7.05 Å². The second-order valence-electron chi connectivity index (χ2n) is 13.3. The van der Waals surface area contributed by atoms with Crippen LogP contribution in [-0.2, 0) is 5.41 Å². The minimum absolute atomic E-state index is 0.264. The Morgan fingerprint density at radius 1 is 0.865 bits per heavy atom. The summed E-state index contributed by atoms with van der Waals surface area (Å²) in [6.45, 7) is 4.31. The molecule has 0 radical (unpaired) electrons. The molecule has 4 heteroatoms. The first-order valence-corrected chi connectivity index (χ1v) is 17.9. The second kappa shape index (κ2) is 15.9. The molecule has 3 aromatic carbocycles. The van der Waals surface area contributed by atoms with Crippen molar-refractivity contribution in [3.8, 4) is 11.3 Å². The highest BCUT2D eigenvalue weighted by atomic mass is 16.2. The highest BCUT2D eigenvalue weighted by Gasteiger charge is 2.49. The zero-order valence-corrected chi connectivity index (χ0v) is 30.2. The van der Waals surface area contributed by atoms with Gasteiger partial charge in [0.2, 0.25) is 0 Å². The van der Waals surface area contributed by atoms with Crippen LogP contribution in [0.3, 0.4) is 0 Å². The molecule has 1 heterocycles. The van der Waals surface area contributed by atoms with Crippen LogP contribution in [0.25, 0.3) is 28.6 Å². The molecule has 0 bridgehead atoms. The lowest BCUT2D eigenvalue weighted by Crippen LogP contribution is -2.30. The monoisotopic (exact) mass is 681 g/mol. The van der Waals surface area contributed by atoms with E-state index in [0.29, 0.717) is 0 Å². The first-order valence-electron chi connectivity index (χ1n) is 17.9. The van der Waals surface area contributed by atoms with Crippen LogP contribution in [0.15, 0.2) is 182 Å². The van der Waals surface area contributed by atoms with Crippen molar-refractivity contribution < 1.29 is 5.11 Å². The lowest BCUT2D eigenvalue weighted by molar-refractivity contribution is 0.394. The Morgan fingerprint density at radius 2 is 1.63 bits per heavy atom. The number of allylic oxidation sites excluding steroid dienone is 15. The molecular formula is C48H47N3O. The third-order valence-corrected chi connectivity index (χ3v) is 10.3. The van der Waals surface area contributed by atoms with Crippen molar-refractivity contribution in [3.05, 3.63) is 215 Å². The summed E-state index contributed by atoms with van der Waals surface area (Å²) in [6.07, 6.45) is 34.1. The summed E-state index contributed by atoms with van der Waals surface area (Å²) in [6, 6.07) is 29.4. The number of hydrogen-bond donors (Lipinski definition) is 3. The third kappa shape index (κ3) is 6.61. The van der Waals surface area contributed by atoms with E-state index in [1.807, 2.05) is 55.6 Å². The molecule has 1 spiro atoms. The van der Waals surface area contributed by atoms with E-state index in [4.69, 9.17) is 10.7 Å². The van der Waals surface area contributed by atoms with Gasteiger partial charge in [0.05, 0.1) is 17.4 Å². The normalized spacial score (nSPS) is 22.2. The molecule has 52 heavy (non-hydrogen) atoms. The van der Waals surface area contributed by atoms with E-state index in [-0.39, 0.29) is 11.3 Å². The van der Waals surface area contributed by atoms with Gasteiger partial charge in [0.1, 0.15) is 0 Å². The predicted octanol–water partition coefficient (Wildman–Crippen LogP) is 10.7. The number of fused-ring (bicyclic) bond motifs is 7. The number of nitrogens with zero attached hydrogens (tertiary/aromatic N) is 1. The highest BCUT2D eigenvalue weighted by Crippen LogP contribution is 2.57. The van der Waals surface area contributed by atoms with Crippen LogP contribution in [-0.4, -0.2) is 17.1 Å². The van der Waals surface area contributed by atoms with E-state index in [1.54, 1.807) is 0 Å². The predicted molar refractivity (Wildman–Crippen MR) is 220 cm³/mol. The summed E-state index contributed by atoms with van der Waals surface area (Å²) in [5, 5.41) is 10.9. The molecule has 0 saturated heterocycles. The Hall–Kier alpha value is -5.97. The average Bonchev–Trinajstić information content (AvgIpc) is 3.48. The van der Waals surface area contributed by atoms with Crippen molar-refractivity contribution in [1.29, 1.82) is 0 Å². The van der Waals surface area contributed by atoms with E-state index in [0.717, 1.165) is 67.9 Å². The lowest BCUT2D eigenvalue weighted by Gasteiger charge is -2.35. The van der Waals surface area contributed by atoms with Gasteiger partial charge in [-0.1, -0.05) is 165 Å². The quantitative estimate of drug-likeness (QED) is 0.134. The number of rotatable bonds is 7. The van der Waals surface area contributed by atoms with Gasteiger partial charge >= 0.3 is 0 Å². The largest absolute Gasteiger partial charge is 0.515 e. The Balaban J connectivity index is 0.00000228. The molecule has 3 unspecified atom stereocenters. The van der Waals surface area contributed by atoms with Gasteiger partial charge in [0, 0.05) is 28.4 Å². The SMILES string of the molecule is CN.C\C=C/C(=C\C=C\C(C)(/C=C(\N)c1ccccc1)C1C=CC=CC1)c1ccc2c(c1)C1(C(=C\O)/C=C\C=C/c3ccccc31)c1cccnc1-2. The van der Waals surface area contributed by atoms with Gasteiger partial charge in [-0.05, 0) is 77.4 Å². The van der Waals surface area contributed by atoms with Crippen molar-refractivity contribution in [2.45, 2.75) is 25.7 Å². The first kappa shape index (κ1) is 35.8. The Morgan fingerprint density at radius 3 is 2.40 bits per heavy atom. The maximum atomic E-state index is 10.9. The fourth-order valence-electron chi connectivity index (χ4n) is 7.79. The van der Waals surface area contributed by atoms with Crippen LogP contribution in [0.5, 0.6) is 0 Å². The zero-order chi connectivity index (χ0) is 36.6. The maximum Gasteiger partial charge on any atom is 0.0839 e. The molecule has 0 amide bonds. The third-order valence-electron chi connectivity index (χ3n) is 10.3. The van der Waals surface area contributed by atoms with Crippen LogP contribution >= 0.6 is 0 Å². The number of aliphatic hydroxyl groups is 1. The summed E-state index contributed by atoms with van der Waals surface area (Å²) < 4.78 is 0. The Bertz CT molecular complexity index is 2190. The molecule has 0 fully saturated rings. The van der Waals surface area contributed by atoms with Gasteiger partial charge in [-0.3, -0.25) is 4.98 Å². The fraction of sp³-hybridized carbons (Fsp3) is 0.146. The van der Waals surface area contributed by atoms with Gasteiger partial charge in [0.25, 0.3) is 0 Å². The van der Waals surface area contributed by atoms with E-state index in [9.17, 15) is 5.11 Å². The summed E-state index contributed by atoms with van der Waals surface area (Å²) in [7, 11) is 1.50. The zero-order valence-electron chi connectivity index (χ0n) is 30.2. The van der Waals surface area contributed by atoms with E-state index >= 15 is 0 Å². The molecule has 0 saturated carbocycles. The molecule has 260 valence electrons. The topological polar surface area (TPSA) is 85.2 Å². The van der Waals surface area contributed by atoms with E-state index < -0.39 is 5.41 Å². The first-order chi connectivity index (χ1) is 25.5. The van der Waals surface area contributed by atoms with Crippen molar-refractivity contribution in [2.24, 2.45) is 22.8 Å². The van der Waals surface area contributed by atoms with Crippen LogP contribution in [0, 0.1) is 11.3 Å². The molecule has 1 aromatic heterocycles. The minimum atomic E-state index is -0.752. The lowest BCUT2D eigenvalue weighted by atomic mass is 9.65. The molecule has 4 nitrogen and oxygen atoms in total. The molecule has 7 rings (SSSR count). The number of aliphatic hydroxyl groups excluding tert-OH is 1. The van der Waals surface area contributed by atoms with E-state index in [1.165, 1.54) is 13.3 Å². The maximum absolute atomic E-state index is 10.9. The molecule has 0 aliphatic heterocycles. The van der Waals surface area contributed by atoms with Crippen LogP contribution in [0.4, 0.5) is 0 Å². The molecule has 3 aliphatic rings. The van der Waals surface area contributed by atoms with E-state index in [2.05, 4.69) is 140 Å². The van der Waals surface area contributed by atoms with Gasteiger partial charge in [-0.25, -0.2) is 0 Å². The molecular weight excluding hydrogens is 635 g/mol. The number of aromatic nitrogens is 1. The van der Waals surface area contributed by atoms with Gasteiger partial charge in [-0.15, -0.1) is 0 Å². The summed E-state index contributed by atoms with van der Waals surface area (Å²) in [4.78, 5) is 4.91. The fourth-order valence-corrected chi connectivity index (χ4v) is 7.79. The Labute approximate surface area is 308 Å². The summed E-state index contributed by atoms with van der Waals surface area (Å²) in [5.74, 6) is 0.264. The highest BCUT2D eigenvalue weighted by molar-refractivity contribution is 5.88. The van der Waals surface area contributed by atoms with Crippen LogP contribution in [0.1, 0.15) is 53.6 Å². The number of nitrogens with two attached hydrogens (primary N) is 2. The smallest absolute Gasteiger partial charge is 0.0839 e. The number of hydrogen-bond acceptors (Lipinski definition) is 4. The standard InChI is InChI=1S/C47H42N2O.CH5N/c1-3-16-34(21-14-29-46(2,38-22-8-5-9-23-38)32-44(48)36-19-6-4-7-20-36)37-27-28-40-43(31-37)47(42-26-15-30-49-45(40)42)39(33-50)24-12-10-17-35-18-11-13-25-41(35)47;1-2/h3-22,24-33,38,50H,23,48H2,1-2H3;2H2,1H3/b16-3-,17-10-,24-12-,29-14+,34-21+,39-33-,44-32-;. The molecule has 5 N–H and O–H groups in total. The van der Waals surface area contributed by atoms with Crippen LogP contribution in [0.2, 0.25) is 0 Å². The molecule has 3 aliphatic carbocycles. The van der Waals surface area contributed by atoms with Gasteiger partial charge in [0.15, 0.2) is 0 Å². The summed E-state index contributed by atoms with van der Waals surface area (Å²) >= 11 is 0. The average molecular weight is 682 g/mol. The van der Waals surface area contributed by atoms with Crippen molar-refractivity contribution in [1.82, 2.24) is 4.98 Å². The molecule has 3 atom stereocenters. The van der Waals surface area contributed by atoms with Gasteiger partial charge < -0.3 is 16.6 Å². The van der Waals surface area contributed by atoms with Crippen LogP contribution < -0.4 is 11.5 Å². The number of benzene rings is 3. The number of pyridine rings is 1.